The molecule has 1 atom stereocenters. The largest absolute Gasteiger partial charge is 0.549 e. The van der Waals surface area contributed by atoms with E-state index < -0.39 is 14.2 Å². The third-order valence-electron chi connectivity index (χ3n) is 5.68. The summed E-state index contributed by atoms with van der Waals surface area (Å²) in [5.41, 5.74) is 4.66. The van der Waals surface area contributed by atoms with E-state index in [1.807, 2.05) is 110 Å². The first kappa shape index (κ1) is 22.2. The number of hydrogen-bond acceptors (Lipinski definition) is 4. The van der Waals surface area contributed by atoms with E-state index in [0.717, 1.165) is 27.8 Å². The Morgan fingerprint density at radius 1 is 0.676 bits per heavy atom. The Morgan fingerprint density at radius 2 is 1.24 bits per heavy atom. The van der Waals surface area contributed by atoms with Crippen LogP contribution < -0.4 is 15.6 Å². The van der Waals surface area contributed by atoms with Crippen LogP contribution in [0.25, 0.3) is 0 Å². The Balaban J connectivity index is 1.62. The molecule has 1 heterocycles. The van der Waals surface area contributed by atoms with Crippen molar-refractivity contribution in [2.75, 3.05) is 6.54 Å². The average Bonchev–Trinajstić information content (AvgIpc) is 2.93. The van der Waals surface area contributed by atoms with Crippen LogP contribution in [0.3, 0.4) is 0 Å². The highest BCUT2D eigenvalue weighted by Crippen LogP contribution is 2.24. The lowest BCUT2D eigenvalue weighted by Gasteiger charge is -2.23. The molecule has 166 valence electrons. The van der Waals surface area contributed by atoms with E-state index in [1.165, 1.54) is 0 Å². The zero-order chi connectivity index (χ0) is 23.2. The third-order valence-corrected chi connectivity index (χ3v) is 5.68. The number of para-hydroxylation sites is 1. The summed E-state index contributed by atoms with van der Waals surface area (Å²) in [6.45, 7) is 2.51. The Morgan fingerprint density at radius 3 is 1.91 bits per heavy atom. The molecule has 0 N–H and O–H groups in total. The molecule has 0 saturated carbocycles. The van der Waals surface area contributed by atoms with Gasteiger partial charge < -0.3 is 13.9 Å². The number of nitrogens with zero attached hydrogens (tertiary/aromatic N) is 1. The molecule has 1 aliphatic heterocycles. The summed E-state index contributed by atoms with van der Waals surface area (Å²) in [5.74, 6) is 0.709. The molecule has 4 aromatic rings. The highest BCUT2D eigenvalue weighted by Gasteiger charge is 2.35. The summed E-state index contributed by atoms with van der Waals surface area (Å²) in [6, 6.07) is 38.1. The first-order chi connectivity index (χ1) is 16.8. The summed E-state index contributed by atoms with van der Waals surface area (Å²) in [7, 11) is -1.28. The van der Waals surface area contributed by atoms with Gasteiger partial charge in [-0.25, -0.2) is 0 Å². The van der Waals surface area contributed by atoms with E-state index in [1.54, 1.807) is 0 Å². The normalized spacial score (nSPS) is 16.6. The van der Waals surface area contributed by atoms with Crippen molar-refractivity contribution in [3.8, 4) is 5.75 Å². The topological polar surface area (TPSA) is 40.0 Å². The average molecular weight is 445 g/mol. The molecule has 4 nitrogen and oxygen atoms in total. The van der Waals surface area contributed by atoms with Gasteiger partial charge in [0.25, 0.3) is 0 Å². The lowest BCUT2D eigenvalue weighted by atomic mass is 9.70. The van der Waals surface area contributed by atoms with E-state index in [2.05, 4.69) is 12.1 Å². The second-order valence-electron chi connectivity index (χ2n) is 8.24. The van der Waals surface area contributed by atoms with Crippen molar-refractivity contribution in [3.63, 3.8) is 0 Å². The van der Waals surface area contributed by atoms with Crippen LogP contribution in [0.4, 0.5) is 0 Å². The maximum atomic E-state index is 6.57. The molecule has 6 heteroatoms. The Labute approximate surface area is 201 Å². The molecule has 0 unspecified atom stereocenters. The smallest absolute Gasteiger partial charge is 0.532 e. The van der Waals surface area contributed by atoms with Crippen molar-refractivity contribution in [1.82, 2.24) is 0 Å². The van der Waals surface area contributed by atoms with E-state index in [9.17, 15) is 0 Å². The van der Waals surface area contributed by atoms with Crippen LogP contribution in [0.2, 0.25) is 0 Å². The van der Waals surface area contributed by atoms with E-state index in [-0.39, 0.29) is 6.10 Å². The number of benzene rings is 4. The van der Waals surface area contributed by atoms with Crippen molar-refractivity contribution < 1.29 is 13.9 Å². The third kappa shape index (κ3) is 5.14. The van der Waals surface area contributed by atoms with Gasteiger partial charge in [0.1, 0.15) is 5.75 Å². The van der Waals surface area contributed by atoms with Crippen LogP contribution in [0.15, 0.2) is 120 Å². The van der Waals surface area contributed by atoms with Gasteiger partial charge in [-0.2, -0.15) is 0 Å². The minimum Gasteiger partial charge on any atom is -0.532 e. The van der Waals surface area contributed by atoms with Gasteiger partial charge in [0, 0.05) is 11.1 Å². The van der Waals surface area contributed by atoms with Crippen molar-refractivity contribution in [2.45, 2.75) is 13.0 Å². The molecule has 0 bridgehead atoms. The highest BCUT2D eigenvalue weighted by molar-refractivity contribution is 6.74. The summed E-state index contributed by atoms with van der Waals surface area (Å²) < 4.78 is 19.5. The zero-order valence-corrected chi connectivity index (χ0v) is 19.1. The number of aliphatic imine (C=N–C) groups is 1. The van der Waals surface area contributed by atoms with Gasteiger partial charge in [-0.3, -0.25) is 4.99 Å². The summed E-state index contributed by atoms with van der Waals surface area (Å²) in [6.07, 6.45) is -0.175. The number of fused-ring (bicyclic) bond motifs is 1. The standard InChI is InChI=1S/C28H25B2NO3/c1-22-21-31-28(23-13-5-2-6-14-23)26-19-11-12-20-27(26)33-30(25-17-9-4-10-18-25)34-29(32-22)24-15-7-3-8-16-24/h2-20,22H,21H2,1H3/t22-/m1/s1. The minimum atomic E-state index is -0.671. The fraction of sp³-hybridized carbons (Fsp3) is 0.107. The Bertz CT molecular complexity index is 1240. The molecule has 0 spiro atoms. The molecular formula is C28H25B2NO3. The van der Waals surface area contributed by atoms with Crippen LogP contribution in [0, 0.1) is 0 Å². The van der Waals surface area contributed by atoms with Crippen molar-refractivity contribution in [1.29, 1.82) is 0 Å². The highest BCUT2D eigenvalue weighted by atomic mass is 16.6. The maximum absolute atomic E-state index is 6.57. The second kappa shape index (κ2) is 10.6. The van der Waals surface area contributed by atoms with Gasteiger partial charge >= 0.3 is 14.2 Å². The fourth-order valence-corrected chi connectivity index (χ4v) is 3.98. The van der Waals surface area contributed by atoms with Crippen molar-refractivity contribution in [3.05, 3.63) is 126 Å². The molecule has 0 aliphatic carbocycles. The molecule has 0 aromatic heterocycles. The van der Waals surface area contributed by atoms with Crippen LogP contribution in [-0.4, -0.2) is 32.6 Å². The van der Waals surface area contributed by atoms with Gasteiger partial charge in [-0.15, -0.1) is 0 Å². The van der Waals surface area contributed by atoms with Gasteiger partial charge in [0.2, 0.25) is 0 Å². The first-order valence-corrected chi connectivity index (χ1v) is 11.5. The molecule has 34 heavy (non-hydrogen) atoms. The summed E-state index contributed by atoms with van der Waals surface area (Å²) in [5, 5.41) is 0. The molecule has 0 amide bonds. The number of rotatable bonds is 3. The summed E-state index contributed by atoms with van der Waals surface area (Å²) in [4.78, 5) is 5.00. The van der Waals surface area contributed by atoms with E-state index in [0.29, 0.717) is 12.3 Å². The SMILES string of the molecule is C[C@@H]1CN=C(c2ccccc2)c2ccccc2OB(c2ccccc2)OB(c2ccccc2)O1. The lowest BCUT2D eigenvalue weighted by molar-refractivity contribution is 0.197. The molecule has 0 fully saturated rings. The van der Waals surface area contributed by atoms with Crippen molar-refractivity contribution in [2.24, 2.45) is 4.99 Å². The Hall–Kier alpha value is -3.60. The van der Waals surface area contributed by atoms with Crippen LogP contribution in [0.1, 0.15) is 18.1 Å². The maximum Gasteiger partial charge on any atom is 0.549 e. The minimum absolute atomic E-state index is 0.175. The predicted octanol–water partition coefficient (Wildman–Crippen LogP) is 4.13. The van der Waals surface area contributed by atoms with Gasteiger partial charge in [0.15, 0.2) is 0 Å². The molecule has 4 aromatic carbocycles. The fourth-order valence-electron chi connectivity index (χ4n) is 3.98. The second-order valence-corrected chi connectivity index (χ2v) is 8.24. The zero-order valence-electron chi connectivity index (χ0n) is 19.1. The van der Waals surface area contributed by atoms with Gasteiger partial charge in [-0.1, -0.05) is 103 Å². The van der Waals surface area contributed by atoms with E-state index in [4.69, 9.17) is 18.9 Å². The molecular weight excluding hydrogens is 420 g/mol. The first-order valence-electron chi connectivity index (χ1n) is 11.5. The van der Waals surface area contributed by atoms with Crippen LogP contribution in [0.5, 0.6) is 5.75 Å². The number of hydrogen-bond donors (Lipinski definition) is 0. The van der Waals surface area contributed by atoms with Crippen LogP contribution >= 0.6 is 0 Å². The van der Waals surface area contributed by atoms with Gasteiger partial charge in [-0.05, 0) is 30.0 Å². The van der Waals surface area contributed by atoms with Crippen LogP contribution in [-0.2, 0) is 9.23 Å². The lowest BCUT2D eigenvalue weighted by Crippen LogP contribution is -2.50. The quantitative estimate of drug-likeness (QED) is 0.446. The molecule has 0 radical (unpaired) electrons. The Kier molecular flexibility index (Phi) is 6.89. The monoisotopic (exact) mass is 445 g/mol. The summed E-state index contributed by atoms with van der Waals surface area (Å²) >= 11 is 0. The van der Waals surface area contributed by atoms with Gasteiger partial charge in [0.05, 0.1) is 18.4 Å². The molecule has 0 saturated heterocycles. The van der Waals surface area contributed by atoms with Crippen molar-refractivity contribution >= 4 is 30.9 Å². The molecule has 5 rings (SSSR count). The molecule has 1 aliphatic rings. The van der Waals surface area contributed by atoms with E-state index >= 15 is 0 Å². The predicted molar refractivity (Wildman–Crippen MR) is 139 cm³/mol.